The molecule has 1 heterocycles. The molecule has 0 saturated carbocycles. The highest BCUT2D eigenvalue weighted by atomic mass is 127. The monoisotopic (exact) mass is 507 g/mol. The summed E-state index contributed by atoms with van der Waals surface area (Å²) in [6.45, 7) is 6.29. The Morgan fingerprint density at radius 3 is 2.33 bits per heavy atom. The lowest BCUT2D eigenvalue weighted by molar-refractivity contribution is -0.155. The molecule has 2 atom stereocenters. The molecule has 27 heavy (non-hydrogen) atoms. The third-order valence-corrected chi connectivity index (χ3v) is 6.77. The first-order valence-electron chi connectivity index (χ1n) is 8.22. The number of nitrogens with zero attached hydrogens (tertiary/aromatic N) is 1. The molecule has 148 valence electrons. The van der Waals surface area contributed by atoms with E-state index in [4.69, 9.17) is 4.74 Å². The maximum absolute atomic E-state index is 13.1. The van der Waals surface area contributed by atoms with Crippen LogP contribution in [-0.2, 0) is 24.3 Å². The quantitative estimate of drug-likeness (QED) is 0.496. The normalized spacial score (nSPS) is 21.7. The van der Waals surface area contributed by atoms with Crippen molar-refractivity contribution >= 4 is 44.4 Å². The zero-order valence-corrected chi connectivity index (χ0v) is 18.4. The molecule has 9 heteroatoms. The second-order valence-corrected chi connectivity index (χ2v) is 10.3. The number of halogens is 1. The largest absolute Gasteiger partial charge is 0.463 e. The number of carbonyl (C=O) groups excluding carboxylic acids is 2. The first-order valence-corrected chi connectivity index (χ1v) is 10.7. The molecule has 0 amide bonds. The number of benzene rings is 1. The maximum Gasteiger partial charge on any atom is 0.311 e. The van der Waals surface area contributed by atoms with Crippen molar-refractivity contribution in [1.82, 2.24) is 4.31 Å². The minimum absolute atomic E-state index is 0.0580. The summed E-state index contributed by atoms with van der Waals surface area (Å²) in [5.74, 6) is -1.10. The lowest BCUT2D eigenvalue weighted by Gasteiger charge is -2.35. The second kappa shape index (κ2) is 7.98. The fraction of sp³-hybridized carbons (Fsp3) is 0.444. The highest BCUT2D eigenvalue weighted by Gasteiger charge is 2.44. The predicted octanol–water partition coefficient (Wildman–Crippen LogP) is 2.16. The summed E-state index contributed by atoms with van der Waals surface area (Å²) in [6.07, 6.45) is -0.379. The van der Waals surface area contributed by atoms with Gasteiger partial charge in [-0.05, 0) is 68.5 Å². The number of aliphatic hydroxyl groups is 1. The molecule has 2 rings (SSSR count). The van der Waals surface area contributed by atoms with Crippen LogP contribution >= 0.6 is 22.6 Å². The van der Waals surface area contributed by atoms with Crippen molar-refractivity contribution in [1.29, 1.82) is 0 Å². The van der Waals surface area contributed by atoms with E-state index in [0.717, 1.165) is 11.6 Å². The average Bonchev–Trinajstić information content (AvgIpc) is 2.55. The Morgan fingerprint density at radius 1 is 1.26 bits per heavy atom. The van der Waals surface area contributed by atoms with Gasteiger partial charge in [-0.25, -0.2) is 8.42 Å². The predicted molar refractivity (Wildman–Crippen MR) is 108 cm³/mol. The van der Waals surface area contributed by atoms with Crippen molar-refractivity contribution in [3.8, 4) is 0 Å². The third kappa shape index (κ3) is 4.76. The molecule has 0 unspecified atom stereocenters. The van der Waals surface area contributed by atoms with E-state index < -0.39 is 46.1 Å². The fourth-order valence-corrected chi connectivity index (χ4v) is 4.65. The van der Waals surface area contributed by atoms with Crippen molar-refractivity contribution < 1.29 is 27.9 Å². The average molecular weight is 507 g/mol. The highest BCUT2D eigenvalue weighted by molar-refractivity contribution is 14.1. The Balaban J connectivity index is 2.41. The van der Waals surface area contributed by atoms with Crippen LogP contribution in [0.1, 0.15) is 26.3 Å². The van der Waals surface area contributed by atoms with Gasteiger partial charge < -0.3 is 9.84 Å². The standard InChI is InChI=1S/C18H22INO6S/c1-11-5-7-12(8-6-11)27(24,25)20-14(10-26-17(23)18(2,3)4)16(22)13(19)9-15(20)21/h5-9,14-15,21H,10H2,1-4H3/t14-,15-/m0/s1. The lowest BCUT2D eigenvalue weighted by Crippen LogP contribution is -2.55. The summed E-state index contributed by atoms with van der Waals surface area (Å²) in [5, 5.41) is 10.4. The van der Waals surface area contributed by atoms with Gasteiger partial charge in [0.2, 0.25) is 10.0 Å². The summed E-state index contributed by atoms with van der Waals surface area (Å²) in [4.78, 5) is 24.6. The van der Waals surface area contributed by atoms with E-state index in [-0.39, 0.29) is 8.48 Å². The van der Waals surface area contributed by atoms with Gasteiger partial charge in [-0.3, -0.25) is 9.59 Å². The summed E-state index contributed by atoms with van der Waals surface area (Å²) in [6, 6.07) is 4.72. The summed E-state index contributed by atoms with van der Waals surface area (Å²) >= 11 is 1.73. The van der Waals surface area contributed by atoms with E-state index >= 15 is 0 Å². The number of rotatable bonds is 4. The SMILES string of the molecule is Cc1ccc(S(=O)(=O)N2[C@@H](O)C=C(I)C(=O)[C@@H]2COC(=O)C(C)(C)C)cc1. The Kier molecular flexibility index (Phi) is 6.50. The molecular formula is C18H22INO6S. The van der Waals surface area contributed by atoms with Crippen molar-refractivity contribution in [2.45, 2.75) is 44.9 Å². The van der Waals surface area contributed by atoms with Crippen LogP contribution in [0.4, 0.5) is 0 Å². The molecule has 0 spiro atoms. The van der Waals surface area contributed by atoms with Crippen molar-refractivity contribution in [2.24, 2.45) is 5.41 Å². The molecule has 0 fully saturated rings. The topological polar surface area (TPSA) is 101 Å². The van der Waals surface area contributed by atoms with Gasteiger partial charge in [0, 0.05) is 0 Å². The van der Waals surface area contributed by atoms with Crippen LogP contribution in [0.15, 0.2) is 38.8 Å². The van der Waals surface area contributed by atoms with Crippen molar-refractivity contribution in [3.05, 3.63) is 39.5 Å². The first-order chi connectivity index (χ1) is 12.4. The van der Waals surface area contributed by atoms with Gasteiger partial charge in [0.15, 0.2) is 5.78 Å². The van der Waals surface area contributed by atoms with Crippen LogP contribution in [0, 0.1) is 12.3 Å². The first kappa shape index (κ1) is 22.0. The Labute approximate surface area is 172 Å². The molecule has 0 aromatic heterocycles. The van der Waals surface area contributed by atoms with Gasteiger partial charge in [0.05, 0.1) is 13.9 Å². The number of esters is 1. The molecule has 0 aliphatic carbocycles. The number of hydrogen-bond donors (Lipinski definition) is 1. The molecule has 0 bridgehead atoms. The maximum atomic E-state index is 13.1. The molecule has 1 N–H and O–H groups in total. The van der Waals surface area contributed by atoms with E-state index in [1.165, 1.54) is 12.1 Å². The van der Waals surface area contributed by atoms with Gasteiger partial charge in [-0.1, -0.05) is 17.7 Å². The Hall–Kier alpha value is -1.30. The molecule has 1 aromatic rings. The molecule has 0 saturated heterocycles. The van der Waals surface area contributed by atoms with E-state index in [1.54, 1.807) is 55.5 Å². The third-order valence-electron chi connectivity index (χ3n) is 3.98. The van der Waals surface area contributed by atoms with Gasteiger partial charge in [-0.2, -0.15) is 4.31 Å². The molecule has 1 aliphatic heterocycles. The van der Waals surface area contributed by atoms with E-state index in [2.05, 4.69) is 0 Å². The number of aliphatic hydroxyl groups excluding tert-OH is 1. The van der Waals surface area contributed by atoms with Crippen LogP contribution < -0.4 is 0 Å². The number of hydrogen-bond acceptors (Lipinski definition) is 6. The van der Waals surface area contributed by atoms with Crippen molar-refractivity contribution in [2.75, 3.05) is 6.61 Å². The minimum atomic E-state index is -4.19. The van der Waals surface area contributed by atoms with Gasteiger partial charge in [-0.15, -0.1) is 0 Å². The van der Waals surface area contributed by atoms with Gasteiger partial charge >= 0.3 is 5.97 Å². The van der Waals surface area contributed by atoms with Crippen LogP contribution in [-0.4, -0.2) is 48.5 Å². The Bertz CT molecular complexity index is 870. The van der Waals surface area contributed by atoms with Gasteiger partial charge in [0.1, 0.15) is 18.9 Å². The molecule has 1 aromatic carbocycles. The Morgan fingerprint density at radius 2 is 1.81 bits per heavy atom. The highest BCUT2D eigenvalue weighted by Crippen LogP contribution is 2.30. The summed E-state index contributed by atoms with van der Waals surface area (Å²) in [7, 11) is -4.19. The van der Waals surface area contributed by atoms with E-state index in [9.17, 15) is 23.1 Å². The summed E-state index contributed by atoms with van der Waals surface area (Å²) < 4.78 is 32.2. The molecule has 1 aliphatic rings. The number of ether oxygens (including phenoxy) is 1. The smallest absolute Gasteiger partial charge is 0.311 e. The van der Waals surface area contributed by atoms with Crippen LogP contribution in [0.3, 0.4) is 0 Å². The number of aryl methyl sites for hydroxylation is 1. The van der Waals surface area contributed by atoms with E-state index in [0.29, 0.717) is 4.31 Å². The lowest BCUT2D eigenvalue weighted by atomic mass is 9.97. The second-order valence-electron chi connectivity index (χ2n) is 7.30. The zero-order valence-electron chi connectivity index (χ0n) is 15.5. The van der Waals surface area contributed by atoms with Gasteiger partial charge in [0.25, 0.3) is 0 Å². The molecular weight excluding hydrogens is 485 g/mol. The van der Waals surface area contributed by atoms with Crippen LogP contribution in [0.5, 0.6) is 0 Å². The fourth-order valence-electron chi connectivity index (χ4n) is 2.41. The van der Waals surface area contributed by atoms with E-state index in [1.807, 2.05) is 6.92 Å². The molecule has 0 radical (unpaired) electrons. The number of sulfonamides is 1. The number of Topliss-reactive ketones (excluding diaryl/α,β-unsaturated/α-hetero) is 1. The summed E-state index contributed by atoms with van der Waals surface area (Å²) in [5.41, 5.74) is 0.0642. The zero-order chi connectivity index (χ0) is 20.6. The van der Waals surface area contributed by atoms with Crippen LogP contribution in [0.2, 0.25) is 0 Å². The van der Waals surface area contributed by atoms with Crippen molar-refractivity contribution in [3.63, 3.8) is 0 Å². The molecule has 7 nitrogen and oxygen atoms in total. The minimum Gasteiger partial charge on any atom is -0.463 e. The van der Waals surface area contributed by atoms with Crippen LogP contribution in [0.25, 0.3) is 0 Å². The number of carbonyl (C=O) groups is 2. The number of ketones is 1.